The molecule has 0 bridgehead atoms. The van der Waals surface area contributed by atoms with Gasteiger partial charge in [0.05, 0.1) is 12.7 Å². The average Bonchev–Trinajstić information content (AvgIpc) is 2.50. The van der Waals surface area contributed by atoms with E-state index in [9.17, 15) is 0 Å². The summed E-state index contributed by atoms with van der Waals surface area (Å²) in [4.78, 5) is 0. The van der Waals surface area contributed by atoms with Gasteiger partial charge >= 0.3 is 0 Å². The number of hydrogen-bond acceptors (Lipinski definition) is 4. The van der Waals surface area contributed by atoms with Crippen LogP contribution in [-0.2, 0) is 9.47 Å². The highest BCUT2D eigenvalue weighted by atomic mass is 16.7. The zero-order valence-electron chi connectivity index (χ0n) is 6.56. The molecule has 0 unspecified atom stereocenters. The molecule has 4 nitrogen and oxygen atoms in total. The summed E-state index contributed by atoms with van der Waals surface area (Å²) in [5.74, 6) is 0. The Hall–Kier alpha value is -0.160. The van der Waals surface area contributed by atoms with Gasteiger partial charge in [0.1, 0.15) is 6.10 Å². The van der Waals surface area contributed by atoms with E-state index in [1.165, 1.54) is 0 Å². The Morgan fingerprint density at radius 2 is 2.36 bits per heavy atom. The summed E-state index contributed by atoms with van der Waals surface area (Å²) >= 11 is 0. The van der Waals surface area contributed by atoms with Crippen molar-refractivity contribution in [3.8, 4) is 0 Å². The van der Waals surface area contributed by atoms with E-state index in [0.717, 1.165) is 12.8 Å². The molecule has 1 aliphatic rings. The van der Waals surface area contributed by atoms with Crippen LogP contribution >= 0.6 is 0 Å². The molecule has 0 aliphatic carbocycles. The van der Waals surface area contributed by atoms with Crippen LogP contribution in [0.3, 0.4) is 0 Å². The average molecular weight is 162 g/mol. The van der Waals surface area contributed by atoms with Crippen molar-refractivity contribution in [2.45, 2.75) is 31.3 Å². The lowest BCUT2D eigenvalue weighted by Gasteiger charge is -2.16. The minimum Gasteiger partial charge on any atom is -0.394 e. The third kappa shape index (κ3) is 2.13. The lowest BCUT2D eigenvalue weighted by Crippen LogP contribution is -2.29. The van der Waals surface area contributed by atoms with Gasteiger partial charge in [-0.05, 0) is 6.42 Å². The van der Waals surface area contributed by atoms with Crippen LogP contribution in [0.2, 0.25) is 0 Å². The number of aliphatic hydroxyl groups excluding tert-OH is 2. The van der Waals surface area contributed by atoms with Gasteiger partial charge in [0.2, 0.25) is 0 Å². The lowest BCUT2D eigenvalue weighted by molar-refractivity contribution is -0.143. The number of methoxy groups -OCH3 is 1. The van der Waals surface area contributed by atoms with Gasteiger partial charge in [0, 0.05) is 13.5 Å². The molecule has 0 aromatic rings. The van der Waals surface area contributed by atoms with Gasteiger partial charge < -0.3 is 19.7 Å². The summed E-state index contributed by atoms with van der Waals surface area (Å²) in [5, 5.41) is 17.7. The highest BCUT2D eigenvalue weighted by Crippen LogP contribution is 2.22. The van der Waals surface area contributed by atoms with Crippen molar-refractivity contribution in [1.82, 2.24) is 0 Å². The van der Waals surface area contributed by atoms with Crippen molar-refractivity contribution < 1.29 is 19.7 Å². The first-order valence-electron chi connectivity index (χ1n) is 3.75. The molecule has 66 valence electrons. The van der Waals surface area contributed by atoms with E-state index >= 15 is 0 Å². The zero-order valence-corrected chi connectivity index (χ0v) is 6.56. The molecule has 0 aromatic carbocycles. The molecule has 1 rings (SSSR count). The minimum absolute atomic E-state index is 0.207. The van der Waals surface area contributed by atoms with Crippen molar-refractivity contribution in [2.75, 3.05) is 13.7 Å². The molecule has 3 atom stereocenters. The van der Waals surface area contributed by atoms with Crippen LogP contribution in [0.25, 0.3) is 0 Å². The van der Waals surface area contributed by atoms with Crippen LogP contribution in [0.1, 0.15) is 12.8 Å². The number of hydrogen-bond donors (Lipinski definition) is 2. The van der Waals surface area contributed by atoms with Crippen LogP contribution in [0, 0.1) is 0 Å². The SMILES string of the molecule is CO[C@H]1CC[C@@H]([C@@H](O)CO)O1. The molecular formula is C7H14O4. The summed E-state index contributed by atoms with van der Waals surface area (Å²) in [6.07, 6.45) is 0.305. The van der Waals surface area contributed by atoms with E-state index < -0.39 is 6.10 Å². The van der Waals surface area contributed by atoms with E-state index in [2.05, 4.69) is 0 Å². The van der Waals surface area contributed by atoms with Crippen LogP contribution in [0.15, 0.2) is 0 Å². The molecule has 11 heavy (non-hydrogen) atoms. The highest BCUT2D eigenvalue weighted by molar-refractivity contribution is 4.74. The van der Waals surface area contributed by atoms with Crippen LogP contribution < -0.4 is 0 Å². The minimum atomic E-state index is -0.768. The fraction of sp³-hybridized carbons (Fsp3) is 1.00. The summed E-state index contributed by atoms with van der Waals surface area (Å²) < 4.78 is 10.2. The van der Waals surface area contributed by atoms with E-state index in [-0.39, 0.29) is 19.0 Å². The summed E-state index contributed by atoms with van der Waals surface area (Å²) in [6, 6.07) is 0. The number of aliphatic hydroxyl groups is 2. The van der Waals surface area contributed by atoms with Gasteiger partial charge in [-0.3, -0.25) is 0 Å². The number of ether oxygens (including phenoxy) is 2. The predicted octanol–water partition coefficient (Wildman–Crippen LogP) is -0.509. The smallest absolute Gasteiger partial charge is 0.157 e. The fourth-order valence-electron chi connectivity index (χ4n) is 1.21. The maximum absolute atomic E-state index is 9.14. The van der Waals surface area contributed by atoms with E-state index in [4.69, 9.17) is 19.7 Å². The Kier molecular flexibility index (Phi) is 3.26. The molecule has 2 N–H and O–H groups in total. The molecular weight excluding hydrogens is 148 g/mol. The largest absolute Gasteiger partial charge is 0.394 e. The van der Waals surface area contributed by atoms with Crippen molar-refractivity contribution in [3.05, 3.63) is 0 Å². The zero-order chi connectivity index (χ0) is 8.27. The second-order valence-electron chi connectivity index (χ2n) is 2.67. The van der Waals surface area contributed by atoms with E-state index in [1.807, 2.05) is 0 Å². The molecule has 1 heterocycles. The summed E-state index contributed by atoms with van der Waals surface area (Å²) in [7, 11) is 1.57. The van der Waals surface area contributed by atoms with E-state index in [0.29, 0.717) is 0 Å². The van der Waals surface area contributed by atoms with Gasteiger partial charge in [-0.2, -0.15) is 0 Å². The molecule has 0 radical (unpaired) electrons. The second-order valence-corrected chi connectivity index (χ2v) is 2.67. The highest BCUT2D eigenvalue weighted by Gasteiger charge is 2.29. The molecule has 0 amide bonds. The second kappa shape index (κ2) is 4.01. The predicted molar refractivity (Wildman–Crippen MR) is 38.0 cm³/mol. The van der Waals surface area contributed by atoms with Gasteiger partial charge in [-0.25, -0.2) is 0 Å². The first-order chi connectivity index (χ1) is 5.27. The maximum Gasteiger partial charge on any atom is 0.157 e. The van der Waals surface area contributed by atoms with Crippen LogP contribution in [0.5, 0.6) is 0 Å². The normalized spacial score (nSPS) is 34.1. The molecule has 0 saturated carbocycles. The Balaban J connectivity index is 2.29. The van der Waals surface area contributed by atoms with Crippen molar-refractivity contribution in [3.63, 3.8) is 0 Å². The Morgan fingerprint density at radius 3 is 2.82 bits per heavy atom. The molecule has 1 fully saturated rings. The molecule has 1 aliphatic heterocycles. The van der Waals surface area contributed by atoms with Gasteiger partial charge in [-0.1, -0.05) is 0 Å². The Morgan fingerprint density at radius 1 is 1.64 bits per heavy atom. The number of rotatable bonds is 3. The first-order valence-corrected chi connectivity index (χ1v) is 3.75. The van der Waals surface area contributed by atoms with Gasteiger partial charge in [0.25, 0.3) is 0 Å². The standard InChI is InChI=1S/C7H14O4/c1-10-7-3-2-6(11-7)5(9)4-8/h5-9H,2-4H2,1H3/t5-,6-,7+/m0/s1. The van der Waals surface area contributed by atoms with Crippen LogP contribution in [-0.4, -0.2) is 42.4 Å². The van der Waals surface area contributed by atoms with Gasteiger partial charge in [-0.15, -0.1) is 0 Å². The first kappa shape index (κ1) is 8.93. The molecule has 4 heteroatoms. The van der Waals surface area contributed by atoms with Gasteiger partial charge in [0.15, 0.2) is 6.29 Å². The van der Waals surface area contributed by atoms with Crippen molar-refractivity contribution >= 4 is 0 Å². The third-order valence-electron chi connectivity index (χ3n) is 1.89. The van der Waals surface area contributed by atoms with Crippen LogP contribution in [0.4, 0.5) is 0 Å². The summed E-state index contributed by atoms with van der Waals surface area (Å²) in [6.45, 7) is -0.249. The molecule has 1 saturated heterocycles. The fourth-order valence-corrected chi connectivity index (χ4v) is 1.21. The monoisotopic (exact) mass is 162 g/mol. The van der Waals surface area contributed by atoms with E-state index in [1.54, 1.807) is 7.11 Å². The molecule has 0 aromatic heterocycles. The van der Waals surface area contributed by atoms with Crippen molar-refractivity contribution in [1.29, 1.82) is 0 Å². The topological polar surface area (TPSA) is 58.9 Å². The third-order valence-corrected chi connectivity index (χ3v) is 1.89. The molecule has 0 spiro atoms. The Labute approximate surface area is 65.7 Å². The summed E-state index contributed by atoms with van der Waals surface area (Å²) in [5.41, 5.74) is 0. The maximum atomic E-state index is 9.14. The lowest BCUT2D eigenvalue weighted by atomic mass is 10.1. The van der Waals surface area contributed by atoms with Crippen molar-refractivity contribution in [2.24, 2.45) is 0 Å². The Bertz CT molecular complexity index is 117. The quantitative estimate of drug-likeness (QED) is 0.587.